The van der Waals surface area contributed by atoms with E-state index in [0.29, 0.717) is 30.7 Å². The third kappa shape index (κ3) is 4.16. The van der Waals surface area contributed by atoms with Crippen LogP contribution in [0.25, 0.3) is 22.5 Å². The Balaban J connectivity index is 2.01. The van der Waals surface area contributed by atoms with E-state index in [1.165, 1.54) is 13.2 Å². The molecule has 2 aromatic heterocycles. The van der Waals surface area contributed by atoms with Gasteiger partial charge in [-0.15, -0.1) is 5.10 Å². The average molecular weight is 396 g/mol. The lowest BCUT2D eigenvalue weighted by molar-refractivity contribution is -0.136. The summed E-state index contributed by atoms with van der Waals surface area (Å²) in [5.74, 6) is 0.129. The van der Waals surface area contributed by atoms with E-state index in [0.717, 1.165) is 6.07 Å². The maximum atomic E-state index is 13.5. The van der Waals surface area contributed by atoms with Crippen LogP contribution >= 0.6 is 0 Å². The summed E-state index contributed by atoms with van der Waals surface area (Å²) < 4.78 is 56.3. The maximum Gasteiger partial charge on any atom is 0.418 e. The number of nitrogens with zero attached hydrogens (tertiary/aromatic N) is 3. The minimum atomic E-state index is -4.59. The topological polar surface area (TPSA) is 82.3 Å². The molecule has 0 aliphatic rings. The molecule has 0 bridgehead atoms. The predicted molar refractivity (Wildman–Crippen MR) is 96.3 cm³/mol. The molecule has 0 saturated carbocycles. The fraction of sp³-hybridized carbons (Fsp3) is 0.389. The quantitative estimate of drug-likeness (QED) is 0.603. The minimum absolute atomic E-state index is 0.0212. The Labute approximate surface area is 158 Å². The highest BCUT2D eigenvalue weighted by molar-refractivity contribution is 5.88. The van der Waals surface area contributed by atoms with Gasteiger partial charge in [-0.3, -0.25) is 0 Å². The third-order valence-corrected chi connectivity index (χ3v) is 4.01. The molecule has 1 aromatic carbocycles. The van der Waals surface area contributed by atoms with Crippen molar-refractivity contribution in [3.8, 4) is 17.3 Å². The Bertz CT molecular complexity index is 973. The summed E-state index contributed by atoms with van der Waals surface area (Å²) in [6.45, 7) is 5.06. The van der Waals surface area contributed by atoms with Crippen LogP contribution in [0.4, 0.5) is 19.2 Å². The second-order valence-electron chi connectivity index (χ2n) is 5.93. The first kappa shape index (κ1) is 19.9. The number of halogens is 3. The van der Waals surface area contributed by atoms with Crippen molar-refractivity contribution in [1.82, 2.24) is 15.2 Å². The van der Waals surface area contributed by atoms with Crippen molar-refractivity contribution in [3.05, 3.63) is 29.3 Å². The number of hydrogen-bond donors (Lipinski definition) is 1. The zero-order valence-corrected chi connectivity index (χ0v) is 15.6. The molecule has 10 heteroatoms. The number of anilines is 1. The van der Waals surface area contributed by atoms with Crippen molar-refractivity contribution in [3.63, 3.8) is 0 Å². The highest BCUT2D eigenvalue weighted by Crippen LogP contribution is 2.38. The number of aromatic nitrogens is 3. The first-order valence-corrected chi connectivity index (χ1v) is 8.55. The van der Waals surface area contributed by atoms with E-state index in [-0.39, 0.29) is 28.9 Å². The highest BCUT2D eigenvalue weighted by Gasteiger charge is 2.34. The summed E-state index contributed by atoms with van der Waals surface area (Å²) in [5, 5.41) is 10.9. The zero-order valence-electron chi connectivity index (χ0n) is 15.6. The van der Waals surface area contributed by atoms with Crippen LogP contribution in [0.1, 0.15) is 18.1 Å². The average Bonchev–Trinajstić information content (AvgIpc) is 3.12. The first-order chi connectivity index (χ1) is 13.3. The molecular formula is C18H19F3N4O3. The van der Waals surface area contributed by atoms with Gasteiger partial charge in [-0.2, -0.15) is 13.2 Å². The molecule has 3 rings (SSSR count). The summed E-state index contributed by atoms with van der Waals surface area (Å²) in [5.41, 5.74) is -0.354. The van der Waals surface area contributed by atoms with Gasteiger partial charge in [0.05, 0.1) is 24.8 Å². The van der Waals surface area contributed by atoms with E-state index in [1.54, 1.807) is 13.0 Å². The molecule has 2 heterocycles. The lowest BCUT2D eigenvalue weighted by atomic mass is 10.0. The van der Waals surface area contributed by atoms with Gasteiger partial charge in [0.1, 0.15) is 11.4 Å². The molecule has 0 spiro atoms. The van der Waals surface area contributed by atoms with E-state index in [1.807, 2.05) is 6.92 Å². The van der Waals surface area contributed by atoms with Crippen molar-refractivity contribution < 1.29 is 27.1 Å². The number of pyridine rings is 1. The van der Waals surface area contributed by atoms with Gasteiger partial charge in [0, 0.05) is 18.5 Å². The second kappa shape index (κ2) is 8.01. The monoisotopic (exact) mass is 396 g/mol. The SMILES string of the molecule is CCOCCNc1nnc(-c2cc(C)c3cc(OC)cc(C(F)(F)F)c3n2)o1. The fourth-order valence-corrected chi connectivity index (χ4v) is 2.68. The van der Waals surface area contributed by atoms with Crippen LogP contribution in [0.2, 0.25) is 0 Å². The Morgan fingerprint density at radius 3 is 2.64 bits per heavy atom. The van der Waals surface area contributed by atoms with Gasteiger partial charge in [0.15, 0.2) is 0 Å². The lowest BCUT2D eigenvalue weighted by Gasteiger charge is -2.14. The van der Waals surface area contributed by atoms with Crippen molar-refractivity contribution in [2.24, 2.45) is 0 Å². The number of fused-ring (bicyclic) bond motifs is 1. The van der Waals surface area contributed by atoms with Crippen LogP contribution in [0.3, 0.4) is 0 Å². The first-order valence-electron chi connectivity index (χ1n) is 8.55. The third-order valence-electron chi connectivity index (χ3n) is 4.01. The Morgan fingerprint density at radius 1 is 1.18 bits per heavy atom. The molecule has 0 radical (unpaired) electrons. The number of aryl methyl sites for hydroxylation is 1. The summed E-state index contributed by atoms with van der Waals surface area (Å²) >= 11 is 0. The van der Waals surface area contributed by atoms with Gasteiger partial charge < -0.3 is 19.2 Å². The molecule has 1 N–H and O–H groups in total. The Hall–Kier alpha value is -2.88. The van der Waals surface area contributed by atoms with Crippen LogP contribution < -0.4 is 10.1 Å². The van der Waals surface area contributed by atoms with E-state index in [2.05, 4.69) is 20.5 Å². The smallest absolute Gasteiger partial charge is 0.418 e. The second-order valence-corrected chi connectivity index (χ2v) is 5.93. The van der Waals surface area contributed by atoms with E-state index in [4.69, 9.17) is 13.9 Å². The van der Waals surface area contributed by atoms with Crippen LogP contribution in [-0.4, -0.2) is 42.0 Å². The highest BCUT2D eigenvalue weighted by atomic mass is 19.4. The molecule has 3 aromatic rings. The van der Waals surface area contributed by atoms with Crippen LogP contribution in [0.15, 0.2) is 22.6 Å². The lowest BCUT2D eigenvalue weighted by Crippen LogP contribution is -2.09. The number of nitrogens with one attached hydrogen (secondary N) is 1. The van der Waals surface area contributed by atoms with Crippen molar-refractivity contribution >= 4 is 16.9 Å². The number of hydrogen-bond acceptors (Lipinski definition) is 7. The van der Waals surface area contributed by atoms with Gasteiger partial charge in [0.2, 0.25) is 0 Å². The molecular weight excluding hydrogens is 377 g/mol. The summed E-state index contributed by atoms with van der Waals surface area (Å²) in [6.07, 6.45) is -4.59. The molecule has 28 heavy (non-hydrogen) atoms. The number of ether oxygens (including phenoxy) is 2. The van der Waals surface area contributed by atoms with Crippen LogP contribution in [0.5, 0.6) is 5.75 Å². The summed E-state index contributed by atoms with van der Waals surface area (Å²) in [7, 11) is 1.32. The molecule has 7 nitrogen and oxygen atoms in total. The Morgan fingerprint density at radius 2 is 1.96 bits per heavy atom. The fourth-order valence-electron chi connectivity index (χ4n) is 2.68. The van der Waals surface area contributed by atoms with E-state index >= 15 is 0 Å². The number of alkyl halides is 3. The standard InChI is InChI=1S/C18H19F3N4O3/c1-4-27-6-5-22-17-25-24-16(28-17)14-7-10(2)12-8-11(26-3)9-13(15(12)23-14)18(19,20)21/h7-9H,4-6H2,1-3H3,(H,22,25). The molecule has 0 atom stereocenters. The molecule has 0 amide bonds. The Kier molecular flexibility index (Phi) is 5.68. The van der Waals surface area contributed by atoms with Gasteiger partial charge >= 0.3 is 12.2 Å². The van der Waals surface area contributed by atoms with Gasteiger partial charge in [-0.05, 0) is 37.6 Å². The summed E-state index contributed by atoms with van der Waals surface area (Å²) in [6, 6.07) is 4.18. The minimum Gasteiger partial charge on any atom is -0.497 e. The maximum absolute atomic E-state index is 13.5. The van der Waals surface area contributed by atoms with E-state index in [9.17, 15) is 13.2 Å². The van der Waals surface area contributed by atoms with Crippen molar-refractivity contribution in [1.29, 1.82) is 0 Å². The molecule has 150 valence electrons. The predicted octanol–water partition coefficient (Wildman–Crippen LogP) is 4.07. The van der Waals surface area contributed by atoms with Crippen LogP contribution in [-0.2, 0) is 10.9 Å². The van der Waals surface area contributed by atoms with Gasteiger partial charge in [0.25, 0.3) is 5.89 Å². The van der Waals surface area contributed by atoms with Crippen LogP contribution in [0, 0.1) is 6.92 Å². The van der Waals surface area contributed by atoms with Crippen molar-refractivity contribution in [2.75, 3.05) is 32.2 Å². The van der Waals surface area contributed by atoms with E-state index < -0.39 is 11.7 Å². The normalized spacial score (nSPS) is 11.8. The molecule has 0 aliphatic heterocycles. The molecule has 0 unspecified atom stereocenters. The molecule has 0 fully saturated rings. The van der Waals surface area contributed by atoms with Gasteiger partial charge in [-0.25, -0.2) is 4.98 Å². The molecule has 0 aliphatic carbocycles. The largest absolute Gasteiger partial charge is 0.497 e. The summed E-state index contributed by atoms with van der Waals surface area (Å²) in [4.78, 5) is 4.15. The van der Waals surface area contributed by atoms with Gasteiger partial charge in [-0.1, -0.05) is 5.10 Å². The number of rotatable bonds is 7. The van der Waals surface area contributed by atoms with Crippen molar-refractivity contribution in [2.45, 2.75) is 20.0 Å². The number of methoxy groups -OCH3 is 1. The molecule has 0 saturated heterocycles. The zero-order chi connectivity index (χ0) is 20.3. The number of benzene rings is 1.